The van der Waals surface area contributed by atoms with Crippen molar-refractivity contribution in [3.63, 3.8) is 0 Å². The molecule has 1 aliphatic carbocycles. The van der Waals surface area contributed by atoms with Crippen molar-refractivity contribution in [1.82, 2.24) is 4.90 Å². The molecule has 1 N–H and O–H groups in total. The molecule has 0 atom stereocenters. The average molecular weight is 227 g/mol. The maximum absolute atomic E-state index is 10.8. The minimum Gasteiger partial charge on any atom is -0.481 e. The van der Waals surface area contributed by atoms with Crippen molar-refractivity contribution in [1.29, 1.82) is 0 Å². The molecule has 0 saturated heterocycles. The summed E-state index contributed by atoms with van der Waals surface area (Å²) in [6.45, 7) is 6.74. The molecule has 0 unspecified atom stereocenters. The molecule has 16 heavy (non-hydrogen) atoms. The summed E-state index contributed by atoms with van der Waals surface area (Å²) in [5.41, 5.74) is 0. The molecule has 0 radical (unpaired) electrons. The topological polar surface area (TPSA) is 40.5 Å². The van der Waals surface area contributed by atoms with Crippen molar-refractivity contribution in [2.24, 2.45) is 17.8 Å². The third-order valence-corrected chi connectivity index (χ3v) is 3.44. The number of hydrogen-bond acceptors (Lipinski definition) is 2. The van der Waals surface area contributed by atoms with Crippen LogP contribution in [0.25, 0.3) is 0 Å². The van der Waals surface area contributed by atoms with Gasteiger partial charge in [-0.1, -0.05) is 13.8 Å². The van der Waals surface area contributed by atoms with E-state index in [9.17, 15) is 4.79 Å². The molecular formula is C13H25NO2. The summed E-state index contributed by atoms with van der Waals surface area (Å²) in [6, 6.07) is 0. The van der Waals surface area contributed by atoms with Gasteiger partial charge in [-0.2, -0.15) is 0 Å². The number of carbonyl (C=O) groups is 1. The normalized spacial score (nSPS) is 26.3. The minimum absolute atomic E-state index is 0.0772. The van der Waals surface area contributed by atoms with Gasteiger partial charge in [-0.15, -0.1) is 0 Å². The molecule has 1 saturated carbocycles. The lowest BCUT2D eigenvalue weighted by Gasteiger charge is -2.30. The van der Waals surface area contributed by atoms with Gasteiger partial charge in [0.1, 0.15) is 0 Å². The van der Waals surface area contributed by atoms with Crippen LogP contribution < -0.4 is 0 Å². The van der Waals surface area contributed by atoms with Gasteiger partial charge < -0.3 is 10.0 Å². The van der Waals surface area contributed by atoms with Crippen LogP contribution in [0.2, 0.25) is 0 Å². The number of carboxylic acid groups (broad SMARTS) is 1. The summed E-state index contributed by atoms with van der Waals surface area (Å²) in [5, 5.41) is 8.91. The smallest absolute Gasteiger partial charge is 0.306 e. The van der Waals surface area contributed by atoms with Crippen molar-refractivity contribution >= 4 is 5.97 Å². The van der Waals surface area contributed by atoms with Crippen molar-refractivity contribution in [3.05, 3.63) is 0 Å². The van der Waals surface area contributed by atoms with Crippen LogP contribution in [-0.2, 0) is 4.79 Å². The molecule has 1 fully saturated rings. The second-order valence-electron chi connectivity index (χ2n) is 5.67. The Morgan fingerprint density at radius 3 is 2.31 bits per heavy atom. The highest BCUT2D eigenvalue weighted by atomic mass is 16.4. The van der Waals surface area contributed by atoms with E-state index in [1.54, 1.807) is 0 Å². The van der Waals surface area contributed by atoms with Crippen LogP contribution in [0.1, 0.15) is 39.5 Å². The molecule has 3 nitrogen and oxygen atoms in total. The summed E-state index contributed by atoms with van der Waals surface area (Å²) in [6.07, 6.45) is 3.91. The zero-order valence-corrected chi connectivity index (χ0v) is 10.8. The fourth-order valence-corrected chi connectivity index (χ4v) is 2.73. The van der Waals surface area contributed by atoms with Crippen molar-refractivity contribution in [3.8, 4) is 0 Å². The van der Waals surface area contributed by atoms with Gasteiger partial charge >= 0.3 is 5.97 Å². The number of rotatable bonds is 5. The van der Waals surface area contributed by atoms with Gasteiger partial charge in [0, 0.05) is 13.1 Å². The Kier molecular flexibility index (Phi) is 5.26. The molecule has 0 heterocycles. The van der Waals surface area contributed by atoms with Gasteiger partial charge in [-0.25, -0.2) is 0 Å². The van der Waals surface area contributed by atoms with Crippen molar-refractivity contribution in [2.75, 3.05) is 20.1 Å². The monoisotopic (exact) mass is 227 g/mol. The van der Waals surface area contributed by atoms with Crippen LogP contribution in [0, 0.1) is 17.8 Å². The Morgan fingerprint density at radius 2 is 1.88 bits per heavy atom. The molecule has 0 aromatic carbocycles. The fraction of sp³-hybridized carbons (Fsp3) is 0.923. The first-order valence-electron chi connectivity index (χ1n) is 6.40. The standard InChI is InChI=1S/C13H25NO2/c1-10(2)8-14(3)9-11-4-6-12(7-5-11)13(15)16/h10-12H,4-9H2,1-3H3,(H,15,16). The van der Waals surface area contributed by atoms with Crippen LogP contribution in [-0.4, -0.2) is 36.1 Å². The average Bonchev–Trinajstić information content (AvgIpc) is 2.16. The maximum atomic E-state index is 10.8. The minimum atomic E-state index is -0.603. The Balaban J connectivity index is 2.24. The first-order chi connectivity index (χ1) is 7.49. The van der Waals surface area contributed by atoms with Gasteiger partial charge in [-0.05, 0) is 44.6 Å². The van der Waals surface area contributed by atoms with Crippen LogP contribution in [0.5, 0.6) is 0 Å². The molecule has 3 heteroatoms. The van der Waals surface area contributed by atoms with E-state index < -0.39 is 5.97 Å². The van der Waals surface area contributed by atoms with E-state index in [-0.39, 0.29) is 5.92 Å². The van der Waals surface area contributed by atoms with Crippen molar-refractivity contribution in [2.45, 2.75) is 39.5 Å². The van der Waals surface area contributed by atoms with Crippen molar-refractivity contribution < 1.29 is 9.90 Å². The number of aliphatic carboxylic acids is 1. The van der Waals surface area contributed by atoms with Gasteiger partial charge in [0.15, 0.2) is 0 Å². The Hall–Kier alpha value is -0.570. The highest BCUT2D eigenvalue weighted by molar-refractivity contribution is 5.69. The molecule has 1 aliphatic rings. The molecule has 94 valence electrons. The molecular weight excluding hydrogens is 202 g/mol. The Labute approximate surface area is 98.8 Å². The van der Waals surface area contributed by atoms with Crippen LogP contribution in [0.4, 0.5) is 0 Å². The lowest BCUT2D eigenvalue weighted by Crippen LogP contribution is -2.32. The van der Waals surface area contributed by atoms with Gasteiger partial charge in [0.05, 0.1) is 5.92 Å². The summed E-state index contributed by atoms with van der Waals surface area (Å²) in [5.74, 6) is 0.736. The Morgan fingerprint density at radius 1 is 1.31 bits per heavy atom. The molecule has 0 spiro atoms. The number of carboxylic acids is 1. The maximum Gasteiger partial charge on any atom is 0.306 e. The van der Waals surface area contributed by atoms with E-state index in [2.05, 4.69) is 25.8 Å². The molecule has 1 rings (SSSR count). The van der Waals surface area contributed by atoms with Gasteiger partial charge in [0.2, 0.25) is 0 Å². The van der Waals surface area contributed by atoms with Gasteiger partial charge in [0.25, 0.3) is 0 Å². The van der Waals surface area contributed by atoms with E-state index in [1.165, 1.54) is 0 Å². The molecule has 0 bridgehead atoms. The lowest BCUT2D eigenvalue weighted by molar-refractivity contribution is -0.143. The Bertz CT molecular complexity index is 220. The lowest BCUT2D eigenvalue weighted by atomic mass is 9.82. The van der Waals surface area contributed by atoms with Crippen LogP contribution in [0.3, 0.4) is 0 Å². The summed E-state index contributed by atoms with van der Waals surface area (Å²) in [7, 11) is 2.17. The first-order valence-corrected chi connectivity index (χ1v) is 6.40. The van der Waals surface area contributed by atoms with E-state index in [1.807, 2.05) is 0 Å². The molecule has 0 aliphatic heterocycles. The summed E-state index contributed by atoms with van der Waals surface area (Å²) in [4.78, 5) is 13.2. The second-order valence-corrected chi connectivity index (χ2v) is 5.67. The summed E-state index contributed by atoms with van der Waals surface area (Å²) < 4.78 is 0. The number of nitrogens with zero attached hydrogens (tertiary/aromatic N) is 1. The quantitative estimate of drug-likeness (QED) is 0.784. The van der Waals surface area contributed by atoms with Crippen LogP contribution in [0.15, 0.2) is 0 Å². The van der Waals surface area contributed by atoms with E-state index in [0.29, 0.717) is 11.8 Å². The zero-order valence-electron chi connectivity index (χ0n) is 10.8. The van der Waals surface area contributed by atoms with Crippen LogP contribution >= 0.6 is 0 Å². The third-order valence-electron chi connectivity index (χ3n) is 3.44. The highest BCUT2D eigenvalue weighted by Gasteiger charge is 2.26. The third kappa shape index (κ3) is 4.52. The second kappa shape index (κ2) is 6.24. The molecule has 0 aromatic heterocycles. The van der Waals surface area contributed by atoms with E-state index >= 15 is 0 Å². The van der Waals surface area contributed by atoms with E-state index in [4.69, 9.17) is 5.11 Å². The molecule has 0 aromatic rings. The molecule has 0 amide bonds. The number of hydrogen-bond donors (Lipinski definition) is 1. The predicted molar refractivity (Wildman–Crippen MR) is 65.4 cm³/mol. The fourth-order valence-electron chi connectivity index (χ4n) is 2.73. The SMILES string of the molecule is CC(C)CN(C)CC1CCC(C(=O)O)CC1. The first kappa shape index (κ1) is 13.5. The highest BCUT2D eigenvalue weighted by Crippen LogP contribution is 2.29. The van der Waals surface area contributed by atoms with Gasteiger partial charge in [-0.3, -0.25) is 4.79 Å². The van der Waals surface area contributed by atoms with E-state index in [0.717, 1.165) is 38.8 Å². The largest absolute Gasteiger partial charge is 0.481 e. The zero-order chi connectivity index (χ0) is 12.1. The predicted octanol–water partition coefficient (Wildman–Crippen LogP) is 2.47. The summed E-state index contributed by atoms with van der Waals surface area (Å²) >= 11 is 0.